The molecule has 0 aliphatic heterocycles. The molecule has 0 heterocycles. The predicted octanol–water partition coefficient (Wildman–Crippen LogP) is 1.39. The third-order valence-electron chi connectivity index (χ3n) is 3.04. The number of likely N-dealkylation sites (N-methyl/N-ethyl adjacent to an activating group) is 1. The first-order valence-electron chi connectivity index (χ1n) is 6.39. The van der Waals surface area contributed by atoms with Gasteiger partial charge in [-0.2, -0.15) is 0 Å². The van der Waals surface area contributed by atoms with Gasteiger partial charge in [-0.3, -0.25) is 9.59 Å². The van der Waals surface area contributed by atoms with Crippen molar-refractivity contribution in [1.29, 1.82) is 0 Å². The van der Waals surface area contributed by atoms with Gasteiger partial charge in [-0.1, -0.05) is 18.5 Å². The molecule has 0 aliphatic rings. The SMILES string of the molecule is CCC(C(=O)O)N(C)C(=O)CNC(=O)c1ccc(Cl)cc1. The van der Waals surface area contributed by atoms with Gasteiger partial charge in [0.15, 0.2) is 0 Å². The normalized spacial score (nSPS) is 11.6. The number of nitrogens with zero attached hydrogens (tertiary/aromatic N) is 1. The van der Waals surface area contributed by atoms with E-state index in [-0.39, 0.29) is 6.54 Å². The van der Waals surface area contributed by atoms with E-state index >= 15 is 0 Å². The number of rotatable bonds is 6. The number of carboxylic acid groups (broad SMARTS) is 1. The summed E-state index contributed by atoms with van der Waals surface area (Å²) < 4.78 is 0. The fraction of sp³-hybridized carbons (Fsp3) is 0.357. The van der Waals surface area contributed by atoms with Crippen LogP contribution in [0.5, 0.6) is 0 Å². The first-order valence-corrected chi connectivity index (χ1v) is 6.76. The van der Waals surface area contributed by atoms with Crippen LogP contribution < -0.4 is 5.32 Å². The molecule has 1 atom stereocenters. The second-order valence-electron chi connectivity index (χ2n) is 4.46. The molecule has 1 unspecified atom stereocenters. The van der Waals surface area contributed by atoms with Crippen LogP contribution in [0.1, 0.15) is 23.7 Å². The highest BCUT2D eigenvalue weighted by Crippen LogP contribution is 2.09. The van der Waals surface area contributed by atoms with Gasteiger partial charge in [-0.15, -0.1) is 0 Å². The maximum atomic E-state index is 11.9. The van der Waals surface area contributed by atoms with Gasteiger partial charge in [0.2, 0.25) is 5.91 Å². The Morgan fingerprint density at radius 3 is 2.33 bits per heavy atom. The van der Waals surface area contributed by atoms with E-state index in [1.54, 1.807) is 19.1 Å². The van der Waals surface area contributed by atoms with Crippen molar-refractivity contribution in [3.63, 3.8) is 0 Å². The molecular formula is C14H17ClN2O4. The van der Waals surface area contributed by atoms with Crippen molar-refractivity contribution >= 4 is 29.4 Å². The van der Waals surface area contributed by atoms with Crippen molar-refractivity contribution in [3.05, 3.63) is 34.9 Å². The number of benzene rings is 1. The molecule has 2 amide bonds. The van der Waals surface area contributed by atoms with Crippen LogP contribution in [0.25, 0.3) is 0 Å². The second-order valence-corrected chi connectivity index (χ2v) is 4.89. The number of amides is 2. The van der Waals surface area contributed by atoms with Gasteiger partial charge < -0.3 is 15.3 Å². The Balaban J connectivity index is 2.58. The largest absolute Gasteiger partial charge is 0.480 e. The first kappa shape index (κ1) is 17.0. The minimum absolute atomic E-state index is 0.262. The molecule has 1 aromatic rings. The van der Waals surface area contributed by atoms with Crippen LogP contribution >= 0.6 is 11.6 Å². The zero-order valence-corrected chi connectivity index (χ0v) is 12.6. The molecule has 114 valence electrons. The molecule has 21 heavy (non-hydrogen) atoms. The Morgan fingerprint density at radius 1 is 1.29 bits per heavy atom. The molecule has 1 aromatic carbocycles. The summed E-state index contributed by atoms with van der Waals surface area (Å²) in [6.07, 6.45) is 0.294. The van der Waals surface area contributed by atoms with Crippen LogP contribution in [0.4, 0.5) is 0 Å². The fourth-order valence-corrected chi connectivity index (χ4v) is 1.90. The Kier molecular flexibility index (Phi) is 6.17. The molecule has 0 saturated carbocycles. The predicted molar refractivity (Wildman–Crippen MR) is 78.3 cm³/mol. The summed E-state index contributed by atoms with van der Waals surface area (Å²) in [5.74, 6) is -1.96. The number of carboxylic acids is 1. The van der Waals surface area contributed by atoms with Gasteiger partial charge in [-0.25, -0.2) is 4.79 Å². The summed E-state index contributed by atoms with van der Waals surface area (Å²) in [5.41, 5.74) is 0.375. The highest BCUT2D eigenvalue weighted by molar-refractivity contribution is 6.30. The van der Waals surface area contributed by atoms with E-state index in [1.165, 1.54) is 19.2 Å². The van der Waals surface area contributed by atoms with Gasteiger partial charge >= 0.3 is 5.97 Å². The second kappa shape index (κ2) is 7.64. The average Bonchev–Trinajstić information content (AvgIpc) is 2.45. The lowest BCUT2D eigenvalue weighted by atomic mass is 10.2. The topological polar surface area (TPSA) is 86.7 Å². The Hall–Kier alpha value is -2.08. The number of hydrogen-bond acceptors (Lipinski definition) is 3. The number of aliphatic carboxylic acids is 1. The summed E-state index contributed by atoms with van der Waals surface area (Å²) in [7, 11) is 1.40. The van der Waals surface area contributed by atoms with Crippen molar-refractivity contribution in [2.75, 3.05) is 13.6 Å². The quantitative estimate of drug-likeness (QED) is 0.831. The van der Waals surface area contributed by atoms with E-state index < -0.39 is 23.8 Å². The minimum atomic E-state index is -1.07. The molecule has 1 rings (SSSR count). The smallest absolute Gasteiger partial charge is 0.326 e. The van der Waals surface area contributed by atoms with Crippen molar-refractivity contribution in [1.82, 2.24) is 10.2 Å². The highest BCUT2D eigenvalue weighted by Gasteiger charge is 2.24. The summed E-state index contributed by atoms with van der Waals surface area (Å²) in [5, 5.41) is 11.9. The molecule has 0 fully saturated rings. The number of hydrogen-bond donors (Lipinski definition) is 2. The van der Waals surface area contributed by atoms with Crippen LogP contribution in [0, 0.1) is 0 Å². The van der Waals surface area contributed by atoms with E-state index in [0.717, 1.165) is 4.90 Å². The van der Waals surface area contributed by atoms with Crippen LogP contribution in [0.3, 0.4) is 0 Å². The monoisotopic (exact) mass is 312 g/mol. The first-order chi connectivity index (χ1) is 9.86. The number of nitrogens with one attached hydrogen (secondary N) is 1. The maximum Gasteiger partial charge on any atom is 0.326 e. The summed E-state index contributed by atoms with van der Waals surface area (Å²) in [4.78, 5) is 35.8. The van der Waals surface area contributed by atoms with Crippen molar-refractivity contribution < 1.29 is 19.5 Å². The molecule has 0 radical (unpaired) electrons. The Morgan fingerprint density at radius 2 is 1.86 bits per heavy atom. The van der Waals surface area contributed by atoms with E-state index in [2.05, 4.69) is 5.32 Å². The van der Waals surface area contributed by atoms with Gasteiger partial charge in [0.25, 0.3) is 5.91 Å². The van der Waals surface area contributed by atoms with Gasteiger partial charge in [-0.05, 0) is 30.7 Å². The van der Waals surface area contributed by atoms with Crippen LogP contribution in [-0.2, 0) is 9.59 Å². The summed E-state index contributed by atoms with van der Waals surface area (Å²) in [6.45, 7) is 1.41. The zero-order valence-electron chi connectivity index (χ0n) is 11.8. The van der Waals surface area contributed by atoms with E-state index in [0.29, 0.717) is 17.0 Å². The van der Waals surface area contributed by atoms with Gasteiger partial charge in [0.1, 0.15) is 6.04 Å². The van der Waals surface area contributed by atoms with Gasteiger partial charge in [0, 0.05) is 17.6 Å². The van der Waals surface area contributed by atoms with Crippen molar-refractivity contribution in [3.8, 4) is 0 Å². The van der Waals surface area contributed by atoms with Crippen molar-refractivity contribution in [2.45, 2.75) is 19.4 Å². The molecule has 0 saturated heterocycles. The molecule has 7 heteroatoms. The Bertz CT molecular complexity index is 530. The van der Waals surface area contributed by atoms with E-state index in [9.17, 15) is 14.4 Å². The molecule has 0 aromatic heterocycles. The fourth-order valence-electron chi connectivity index (χ4n) is 1.77. The van der Waals surface area contributed by atoms with Crippen molar-refractivity contribution in [2.24, 2.45) is 0 Å². The molecule has 0 aliphatic carbocycles. The maximum absolute atomic E-state index is 11.9. The number of halogens is 1. The van der Waals surface area contributed by atoms with E-state index in [1.807, 2.05) is 0 Å². The van der Waals surface area contributed by atoms with Crippen LogP contribution in [0.2, 0.25) is 5.02 Å². The van der Waals surface area contributed by atoms with E-state index in [4.69, 9.17) is 16.7 Å². The molecule has 2 N–H and O–H groups in total. The molecule has 0 spiro atoms. The van der Waals surface area contributed by atoms with Gasteiger partial charge in [0.05, 0.1) is 6.54 Å². The lowest BCUT2D eigenvalue weighted by Crippen LogP contribution is -2.46. The average molecular weight is 313 g/mol. The lowest BCUT2D eigenvalue weighted by Gasteiger charge is -2.23. The zero-order chi connectivity index (χ0) is 16.0. The third-order valence-corrected chi connectivity index (χ3v) is 3.29. The lowest BCUT2D eigenvalue weighted by molar-refractivity contribution is -0.148. The third kappa shape index (κ3) is 4.75. The summed E-state index contributed by atoms with van der Waals surface area (Å²) >= 11 is 5.72. The Labute approximate surface area is 127 Å². The molecule has 0 bridgehead atoms. The molecule has 6 nitrogen and oxygen atoms in total. The summed E-state index contributed by atoms with van der Waals surface area (Å²) in [6, 6.07) is 5.32. The highest BCUT2D eigenvalue weighted by atomic mass is 35.5. The van der Waals surface area contributed by atoms with Crippen LogP contribution in [-0.4, -0.2) is 47.4 Å². The standard InChI is InChI=1S/C14H17ClN2O4/c1-3-11(14(20)21)17(2)12(18)8-16-13(19)9-4-6-10(15)7-5-9/h4-7,11H,3,8H2,1-2H3,(H,16,19)(H,20,21). The number of carbonyl (C=O) groups is 3. The van der Waals surface area contributed by atoms with Crippen LogP contribution in [0.15, 0.2) is 24.3 Å². The molecular weight excluding hydrogens is 296 g/mol. The minimum Gasteiger partial charge on any atom is -0.480 e. The number of carbonyl (C=O) groups excluding carboxylic acids is 2.